The number of hydrogen-bond acceptors (Lipinski definition) is 6. The van der Waals surface area contributed by atoms with Gasteiger partial charge >= 0.3 is 5.97 Å². The minimum Gasteiger partial charge on any atom is -0.501 e. The summed E-state index contributed by atoms with van der Waals surface area (Å²) in [6.45, 7) is 7.43. The van der Waals surface area contributed by atoms with Gasteiger partial charge in [0.15, 0.2) is 5.69 Å². The molecule has 0 atom stereocenters. The third kappa shape index (κ3) is 5.82. The Hall–Kier alpha value is -3.46. The number of benzene rings is 1. The van der Waals surface area contributed by atoms with Crippen LogP contribution in [0.25, 0.3) is 16.5 Å². The lowest BCUT2D eigenvalue weighted by Crippen LogP contribution is -2.40. The van der Waals surface area contributed by atoms with Crippen LogP contribution in [0, 0.1) is 5.92 Å². The fourth-order valence-corrected chi connectivity index (χ4v) is 3.80. The van der Waals surface area contributed by atoms with Crippen molar-refractivity contribution in [2.75, 3.05) is 33.3 Å². The highest BCUT2D eigenvalue weighted by Crippen LogP contribution is 2.25. The number of piperidine rings is 1. The van der Waals surface area contributed by atoms with Crippen LogP contribution < -0.4 is 5.32 Å². The summed E-state index contributed by atoms with van der Waals surface area (Å²) in [5.41, 5.74) is 2.77. The SMILES string of the molecule is C=N/C=C(\C=C(/C)OC)c1ccc2[nH]nc(C(=O)NCC3CCN(CC(=O)O)CC3)c2c1. The lowest BCUT2D eigenvalue weighted by molar-refractivity contribution is -0.138. The standard InChI is InChI=1S/C23H29N5O4/c1-15(32-3)10-18(13-24-2)17-4-5-20-19(11-17)22(27-26-20)23(31)25-12-16-6-8-28(9-7-16)14-21(29)30/h4-5,10-11,13,16H,2,6-9,12,14H2,1,3H3,(H,25,31)(H,26,27)(H,29,30)/b15-10+,18-13+. The van der Waals surface area contributed by atoms with Crippen molar-refractivity contribution in [2.45, 2.75) is 19.8 Å². The van der Waals surface area contributed by atoms with Crippen LogP contribution >= 0.6 is 0 Å². The Morgan fingerprint density at radius 3 is 2.81 bits per heavy atom. The number of carbonyl (C=O) groups is 2. The second kappa shape index (κ2) is 10.7. The molecular formula is C23H29N5O4. The van der Waals surface area contributed by atoms with Crippen molar-refractivity contribution in [3.8, 4) is 0 Å². The summed E-state index contributed by atoms with van der Waals surface area (Å²) >= 11 is 0. The number of aliphatic carboxylic acids is 1. The molecule has 32 heavy (non-hydrogen) atoms. The smallest absolute Gasteiger partial charge is 0.317 e. The topological polar surface area (TPSA) is 120 Å². The summed E-state index contributed by atoms with van der Waals surface area (Å²) in [7, 11) is 1.60. The normalized spacial score (nSPS) is 16.2. The van der Waals surface area contributed by atoms with Gasteiger partial charge in [0.2, 0.25) is 0 Å². The maximum Gasteiger partial charge on any atom is 0.317 e. The number of carboxylic acid groups (broad SMARTS) is 1. The highest BCUT2D eigenvalue weighted by atomic mass is 16.5. The first-order valence-corrected chi connectivity index (χ1v) is 10.5. The van der Waals surface area contributed by atoms with E-state index in [1.807, 2.05) is 36.1 Å². The first-order valence-electron chi connectivity index (χ1n) is 10.5. The maximum absolute atomic E-state index is 12.8. The monoisotopic (exact) mass is 439 g/mol. The van der Waals surface area contributed by atoms with E-state index in [2.05, 4.69) is 27.2 Å². The number of nitrogens with one attached hydrogen (secondary N) is 2. The van der Waals surface area contributed by atoms with Gasteiger partial charge in [0.1, 0.15) is 0 Å². The van der Waals surface area contributed by atoms with Crippen molar-refractivity contribution in [3.63, 3.8) is 0 Å². The van der Waals surface area contributed by atoms with E-state index in [9.17, 15) is 9.59 Å². The fourth-order valence-electron chi connectivity index (χ4n) is 3.80. The third-order valence-corrected chi connectivity index (χ3v) is 5.64. The molecule has 1 aliphatic rings. The number of carbonyl (C=O) groups excluding carboxylic acids is 1. The number of fused-ring (bicyclic) bond motifs is 1. The average Bonchev–Trinajstić information content (AvgIpc) is 3.21. The van der Waals surface area contributed by atoms with Gasteiger partial charge in [-0.3, -0.25) is 24.6 Å². The van der Waals surface area contributed by atoms with Crippen molar-refractivity contribution in [2.24, 2.45) is 10.9 Å². The molecule has 3 rings (SSSR count). The summed E-state index contributed by atoms with van der Waals surface area (Å²) in [6, 6.07) is 5.69. The van der Waals surface area contributed by atoms with E-state index >= 15 is 0 Å². The molecular weight excluding hydrogens is 410 g/mol. The fraction of sp³-hybridized carbons (Fsp3) is 0.391. The molecule has 0 radical (unpaired) electrons. The lowest BCUT2D eigenvalue weighted by Gasteiger charge is -2.30. The van der Waals surface area contributed by atoms with E-state index in [1.165, 1.54) is 0 Å². The van der Waals surface area contributed by atoms with Crippen LogP contribution in [0.15, 0.2) is 41.2 Å². The van der Waals surface area contributed by atoms with Crippen LogP contribution in [-0.4, -0.2) is 72.1 Å². The van der Waals surface area contributed by atoms with Crippen molar-refractivity contribution in [3.05, 3.63) is 47.5 Å². The Morgan fingerprint density at radius 1 is 1.41 bits per heavy atom. The molecule has 3 N–H and O–H groups in total. The molecule has 2 heterocycles. The summed E-state index contributed by atoms with van der Waals surface area (Å²) in [5.74, 6) is -0.00619. The number of aromatic amines is 1. The van der Waals surface area contributed by atoms with Gasteiger partial charge in [0.05, 0.1) is 24.9 Å². The minimum atomic E-state index is -0.809. The van der Waals surface area contributed by atoms with Crippen LogP contribution in [0.3, 0.4) is 0 Å². The molecule has 0 saturated carbocycles. The minimum absolute atomic E-state index is 0.0670. The Kier molecular flexibility index (Phi) is 7.77. The highest BCUT2D eigenvalue weighted by Gasteiger charge is 2.22. The zero-order chi connectivity index (χ0) is 23.1. The predicted octanol–water partition coefficient (Wildman–Crippen LogP) is 2.68. The number of rotatable bonds is 9. The molecule has 9 heteroatoms. The summed E-state index contributed by atoms with van der Waals surface area (Å²) in [5, 5.41) is 19.7. The lowest BCUT2D eigenvalue weighted by atomic mass is 9.96. The molecule has 0 unspecified atom stereocenters. The number of amides is 1. The predicted molar refractivity (Wildman–Crippen MR) is 124 cm³/mol. The molecule has 170 valence electrons. The number of methoxy groups -OCH3 is 1. The Bertz CT molecular complexity index is 1050. The van der Waals surface area contributed by atoms with Gasteiger partial charge < -0.3 is 15.2 Å². The number of ether oxygens (including phenoxy) is 1. The molecule has 1 aliphatic heterocycles. The van der Waals surface area contributed by atoms with Crippen LogP contribution in [0.4, 0.5) is 0 Å². The second-order valence-electron chi connectivity index (χ2n) is 7.88. The number of H-pyrrole nitrogens is 1. The number of allylic oxidation sites excluding steroid dienone is 3. The number of aromatic nitrogens is 2. The molecule has 9 nitrogen and oxygen atoms in total. The second-order valence-corrected chi connectivity index (χ2v) is 7.88. The number of carboxylic acids is 1. The van der Waals surface area contributed by atoms with E-state index in [1.54, 1.807) is 13.3 Å². The molecule has 0 spiro atoms. The van der Waals surface area contributed by atoms with Crippen LogP contribution in [0.5, 0.6) is 0 Å². The number of aliphatic imine (C=N–C) groups is 1. The maximum atomic E-state index is 12.8. The van der Waals surface area contributed by atoms with Gasteiger partial charge in [-0.2, -0.15) is 5.10 Å². The largest absolute Gasteiger partial charge is 0.501 e. The van der Waals surface area contributed by atoms with Gasteiger partial charge in [-0.25, -0.2) is 0 Å². The van der Waals surface area contributed by atoms with E-state index in [0.717, 1.165) is 53.7 Å². The van der Waals surface area contributed by atoms with Crippen LogP contribution in [0.2, 0.25) is 0 Å². The molecule has 2 aromatic rings. The number of hydrogen-bond donors (Lipinski definition) is 3. The van der Waals surface area contributed by atoms with Gasteiger partial charge in [-0.1, -0.05) is 6.07 Å². The van der Waals surface area contributed by atoms with E-state index in [4.69, 9.17) is 9.84 Å². The van der Waals surface area contributed by atoms with Crippen molar-refractivity contribution in [1.82, 2.24) is 20.4 Å². The first kappa shape index (κ1) is 23.2. The summed E-state index contributed by atoms with van der Waals surface area (Å²) < 4.78 is 5.24. The molecule has 1 aromatic heterocycles. The molecule has 1 aromatic carbocycles. The zero-order valence-electron chi connectivity index (χ0n) is 18.4. The molecule has 0 aliphatic carbocycles. The van der Waals surface area contributed by atoms with Crippen molar-refractivity contribution in [1.29, 1.82) is 0 Å². The molecule has 0 bridgehead atoms. The van der Waals surface area contributed by atoms with Crippen molar-refractivity contribution < 1.29 is 19.4 Å². The van der Waals surface area contributed by atoms with Crippen molar-refractivity contribution >= 4 is 35.1 Å². The van der Waals surface area contributed by atoms with Gasteiger partial charge in [0, 0.05) is 23.7 Å². The van der Waals surface area contributed by atoms with Gasteiger partial charge in [0.25, 0.3) is 5.91 Å². The first-order chi connectivity index (χ1) is 15.4. The Morgan fingerprint density at radius 2 is 2.16 bits per heavy atom. The number of nitrogens with zero attached hydrogens (tertiary/aromatic N) is 3. The van der Waals surface area contributed by atoms with Gasteiger partial charge in [-0.15, -0.1) is 0 Å². The average molecular weight is 440 g/mol. The van der Waals surface area contributed by atoms with E-state index < -0.39 is 5.97 Å². The molecule has 1 fully saturated rings. The number of likely N-dealkylation sites (tertiary alicyclic amines) is 1. The van der Waals surface area contributed by atoms with Crippen LogP contribution in [-0.2, 0) is 9.53 Å². The quantitative estimate of drug-likeness (QED) is 0.314. The third-order valence-electron chi connectivity index (χ3n) is 5.64. The highest BCUT2D eigenvalue weighted by molar-refractivity contribution is 6.05. The molecule has 1 amide bonds. The van der Waals surface area contributed by atoms with E-state index in [0.29, 0.717) is 18.2 Å². The van der Waals surface area contributed by atoms with E-state index in [-0.39, 0.29) is 12.5 Å². The summed E-state index contributed by atoms with van der Waals surface area (Å²) in [6.07, 6.45) is 5.20. The van der Waals surface area contributed by atoms with Gasteiger partial charge in [-0.05, 0) is 69.3 Å². The Balaban J connectivity index is 1.70. The zero-order valence-corrected chi connectivity index (χ0v) is 18.4. The molecule has 1 saturated heterocycles. The summed E-state index contributed by atoms with van der Waals surface area (Å²) in [4.78, 5) is 29.5. The van der Waals surface area contributed by atoms with Crippen LogP contribution in [0.1, 0.15) is 35.8 Å². The Labute approximate surface area is 186 Å².